The van der Waals surface area contributed by atoms with Crippen LogP contribution in [0.25, 0.3) is 0 Å². The first kappa shape index (κ1) is 17.6. The van der Waals surface area contributed by atoms with E-state index in [4.69, 9.17) is 5.11 Å². The van der Waals surface area contributed by atoms with E-state index < -0.39 is 12.0 Å². The van der Waals surface area contributed by atoms with Crippen LogP contribution in [-0.2, 0) is 9.59 Å². The number of amides is 1. The molecule has 0 aliphatic carbocycles. The lowest BCUT2D eigenvalue weighted by molar-refractivity contribution is -0.137. The second-order valence-electron chi connectivity index (χ2n) is 6.23. The maximum atomic E-state index is 12.0. The summed E-state index contributed by atoms with van der Waals surface area (Å²) < 4.78 is 0. The van der Waals surface area contributed by atoms with E-state index in [-0.39, 0.29) is 17.7 Å². The highest BCUT2D eigenvalue weighted by molar-refractivity contribution is 7.98. The summed E-state index contributed by atoms with van der Waals surface area (Å²) in [5, 5.41) is 11.9. The Balaban J connectivity index is 2.84. The molecule has 0 saturated heterocycles. The second-order valence-corrected chi connectivity index (χ2v) is 7.11. The summed E-state index contributed by atoms with van der Waals surface area (Å²) in [6.45, 7) is 5.93. The lowest BCUT2D eigenvalue weighted by atomic mass is 9.91. The number of benzene rings is 1. The Morgan fingerprint density at radius 3 is 2.24 bits per heavy atom. The van der Waals surface area contributed by atoms with Crippen LogP contribution in [0.1, 0.15) is 45.2 Å². The van der Waals surface area contributed by atoms with Crippen LogP contribution in [0.4, 0.5) is 0 Å². The van der Waals surface area contributed by atoms with Crippen molar-refractivity contribution in [2.24, 2.45) is 5.41 Å². The second kappa shape index (κ2) is 7.50. The number of thioether (sulfide) groups is 1. The summed E-state index contributed by atoms with van der Waals surface area (Å²) in [7, 11) is 0. The van der Waals surface area contributed by atoms with Crippen LogP contribution in [-0.4, -0.2) is 23.2 Å². The van der Waals surface area contributed by atoms with Crippen LogP contribution in [0, 0.1) is 5.41 Å². The summed E-state index contributed by atoms with van der Waals surface area (Å²) in [6, 6.07) is 7.12. The Morgan fingerprint density at radius 1 is 1.24 bits per heavy atom. The molecule has 0 saturated carbocycles. The molecule has 1 aromatic carbocycles. The van der Waals surface area contributed by atoms with Crippen molar-refractivity contribution < 1.29 is 14.7 Å². The first-order chi connectivity index (χ1) is 9.71. The monoisotopic (exact) mass is 309 g/mol. The quantitative estimate of drug-likeness (QED) is 0.790. The van der Waals surface area contributed by atoms with Crippen LogP contribution < -0.4 is 5.32 Å². The van der Waals surface area contributed by atoms with E-state index in [1.807, 2.05) is 51.3 Å². The van der Waals surface area contributed by atoms with Crippen LogP contribution in [0.2, 0.25) is 0 Å². The summed E-state index contributed by atoms with van der Waals surface area (Å²) in [5.41, 5.74) is 0.693. The van der Waals surface area contributed by atoms with Crippen molar-refractivity contribution in [1.29, 1.82) is 0 Å². The number of carbonyl (C=O) groups is 2. The van der Waals surface area contributed by atoms with Gasteiger partial charge in [-0.05, 0) is 29.4 Å². The molecule has 1 amide bonds. The molecule has 4 nitrogen and oxygen atoms in total. The lowest BCUT2D eigenvalue weighted by Gasteiger charge is -2.22. The van der Waals surface area contributed by atoms with Gasteiger partial charge < -0.3 is 10.4 Å². The Labute approximate surface area is 130 Å². The zero-order valence-corrected chi connectivity index (χ0v) is 13.8. The molecule has 0 heterocycles. The Morgan fingerprint density at radius 2 is 1.81 bits per heavy atom. The normalized spacial score (nSPS) is 12.8. The SMILES string of the molecule is CSc1ccc(C(CC(=O)O)NC(=O)CC(C)(C)C)cc1. The maximum Gasteiger partial charge on any atom is 0.305 e. The maximum absolute atomic E-state index is 12.0. The molecular formula is C16H23NO3S. The predicted octanol–water partition coefficient (Wildman–Crippen LogP) is 3.48. The van der Waals surface area contributed by atoms with Crippen molar-refractivity contribution in [3.63, 3.8) is 0 Å². The number of hydrogen-bond acceptors (Lipinski definition) is 3. The molecule has 1 rings (SSSR count). The van der Waals surface area contributed by atoms with Crippen LogP contribution in [0.5, 0.6) is 0 Å². The first-order valence-corrected chi connectivity index (χ1v) is 8.09. The highest BCUT2D eigenvalue weighted by atomic mass is 32.2. The molecule has 0 radical (unpaired) electrons. The molecular weight excluding hydrogens is 286 g/mol. The molecule has 0 spiro atoms. The van der Waals surface area contributed by atoms with Gasteiger partial charge in [0.05, 0.1) is 12.5 Å². The van der Waals surface area contributed by atoms with Crippen molar-refractivity contribution in [3.05, 3.63) is 29.8 Å². The Kier molecular flexibility index (Phi) is 6.27. The summed E-state index contributed by atoms with van der Waals surface area (Å²) in [6.07, 6.45) is 2.23. The van der Waals surface area contributed by atoms with Crippen molar-refractivity contribution in [1.82, 2.24) is 5.32 Å². The van der Waals surface area contributed by atoms with E-state index in [1.54, 1.807) is 11.8 Å². The summed E-state index contributed by atoms with van der Waals surface area (Å²) in [5.74, 6) is -1.05. The fourth-order valence-corrected chi connectivity index (χ4v) is 2.40. The van der Waals surface area contributed by atoms with Gasteiger partial charge in [-0.2, -0.15) is 0 Å². The highest BCUT2D eigenvalue weighted by Gasteiger charge is 2.21. The molecule has 1 unspecified atom stereocenters. The highest BCUT2D eigenvalue weighted by Crippen LogP contribution is 2.23. The van der Waals surface area contributed by atoms with Crippen LogP contribution >= 0.6 is 11.8 Å². The predicted molar refractivity (Wildman–Crippen MR) is 85.4 cm³/mol. The molecule has 21 heavy (non-hydrogen) atoms. The van der Waals surface area contributed by atoms with Gasteiger partial charge in [-0.3, -0.25) is 9.59 Å². The third-order valence-electron chi connectivity index (χ3n) is 2.92. The van der Waals surface area contributed by atoms with Gasteiger partial charge in [0.15, 0.2) is 0 Å². The number of carboxylic acids is 1. The molecule has 0 aliphatic rings. The third kappa shape index (κ3) is 6.67. The smallest absolute Gasteiger partial charge is 0.305 e. The van der Waals surface area contributed by atoms with Crippen molar-refractivity contribution in [3.8, 4) is 0 Å². The van der Waals surface area contributed by atoms with Crippen molar-refractivity contribution in [2.75, 3.05) is 6.26 Å². The molecule has 0 bridgehead atoms. The minimum atomic E-state index is -0.926. The van der Waals surface area contributed by atoms with Crippen LogP contribution in [0.3, 0.4) is 0 Å². The number of carboxylic acid groups (broad SMARTS) is 1. The summed E-state index contributed by atoms with van der Waals surface area (Å²) >= 11 is 1.62. The molecule has 0 fully saturated rings. The topological polar surface area (TPSA) is 66.4 Å². The number of nitrogens with one attached hydrogen (secondary N) is 1. The molecule has 2 N–H and O–H groups in total. The van der Waals surface area contributed by atoms with E-state index >= 15 is 0 Å². The van der Waals surface area contributed by atoms with Gasteiger partial charge in [-0.1, -0.05) is 32.9 Å². The van der Waals surface area contributed by atoms with Gasteiger partial charge in [0.25, 0.3) is 0 Å². The molecule has 1 atom stereocenters. The molecule has 5 heteroatoms. The van der Waals surface area contributed by atoms with E-state index in [0.717, 1.165) is 10.5 Å². The van der Waals surface area contributed by atoms with Gasteiger partial charge in [-0.15, -0.1) is 11.8 Å². The lowest BCUT2D eigenvalue weighted by Crippen LogP contribution is -2.32. The Bertz CT molecular complexity index is 491. The third-order valence-corrected chi connectivity index (χ3v) is 3.67. The molecule has 0 aliphatic heterocycles. The molecule has 1 aromatic rings. The van der Waals surface area contributed by atoms with Gasteiger partial charge in [0.2, 0.25) is 5.91 Å². The fraction of sp³-hybridized carbons (Fsp3) is 0.500. The van der Waals surface area contributed by atoms with E-state index in [2.05, 4.69) is 5.32 Å². The largest absolute Gasteiger partial charge is 0.481 e. The number of rotatable bonds is 6. The van der Waals surface area contributed by atoms with E-state index in [0.29, 0.717) is 6.42 Å². The average Bonchev–Trinajstić information content (AvgIpc) is 2.35. The van der Waals surface area contributed by atoms with E-state index in [9.17, 15) is 9.59 Å². The average molecular weight is 309 g/mol. The van der Waals surface area contributed by atoms with Gasteiger partial charge in [-0.25, -0.2) is 0 Å². The van der Waals surface area contributed by atoms with Crippen LogP contribution in [0.15, 0.2) is 29.2 Å². The Hall–Kier alpha value is -1.49. The number of aliphatic carboxylic acids is 1. The number of carbonyl (C=O) groups excluding carboxylic acids is 1. The minimum Gasteiger partial charge on any atom is -0.481 e. The van der Waals surface area contributed by atoms with E-state index in [1.165, 1.54) is 0 Å². The van der Waals surface area contributed by atoms with Gasteiger partial charge >= 0.3 is 5.97 Å². The standard InChI is InChI=1S/C16H23NO3S/c1-16(2,3)10-14(18)17-13(9-15(19)20)11-5-7-12(21-4)8-6-11/h5-8,13H,9-10H2,1-4H3,(H,17,18)(H,19,20). The first-order valence-electron chi connectivity index (χ1n) is 6.86. The van der Waals surface area contributed by atoms with Gasteiger partial charge in [0.1, 0.15) is 0 Å². The van der Waals surface area contributed by atoms with Gasteiger partial charge in [0, 0.05) is 11.3 Å². The van der Waals surface area contributed by atoms with Crippen molar-refractivity contribution >= 4 is 23.6 Å². The number of hydrogen-bond donors (Lipinski definition) is 2. The zero-order valence-electron chi connectivity index (χ0n) is 13.0. The van der Waals surface area contributed by atoms with Crippen molar-refractivity contribution in [2.45, 2.75) is 44.6 Å². The fourth-order valence-electron chi connectivity index (χ4n) is 1.99. The molecule has 0 aromatic heterocycles. The zero-order chi connectivity index (χ0) is 16.0. The summed E-state index contributed by atoms with van der Waals surface area (Å²) in [4.78, 5) is 24.2. The minimum absolute atomic E-state index is 0.117. The molecule has 116 valence electrons.